The molecule has 3 heteroatoms. The molecule has 0 bridgehead atoms. The normalized spacial score (nSPS) is 12.3. The molecule has 18 heavy (non-hydrogen) atoms. The molecule has 2 aromatic carbocycles. The van der Waals surface area contributed by atoms with Gasteiger partial charge in [0, 0.05) is 16.8 Å². The predicted molar refractivity (Wildman–Crippen MR) is 76.7 cm³/mol. The maximum Gasteiger partial charge on any atom is 0.115 e. The Labute approximate surface area is 117 Å². The zero-order valence-corrected chi connectivity index (χ0v) is 11.3. The Morgan fingerprint density at radius 2 is 1.56 bits per heavy atom. The van der Waals surface area contributed by atoms with Crippen LogP contribution in [0.4, 0.5) is 0 Å². The van der Waals surface area contributed by atoms with E-state index < -0.39 is 0 Å². The zero-order chi connectivity index (χ0) is 13.0. The number of aromatic hydroxyl groups is 1. The molecule has 2 rings (SSSR count). The zero-order valence-electron chi connectivity index (χ0n) is 9.81. The number of rotatable bonds is 4. The van der Waals surface area contributed by atoms with Crippen molar-refractivity contribution in [3.05, 3.63) is 64.7 Å². The van der Waals surface area contributed by atoms with Crippen LogP contribution in [-0.2, 0) is 6.42 Å². The van der Waals surface area contributed by atoms with Gasteiger partial charge in [0.1, 0.15) is 5.75 Å². The van der Waals surface area contributed by atoms with Crippen molar-refractivity contribution in [2.75, 3.05) is 5.88 Å². The van der Waals surface area contributed by atoms with E-state index in [0.717, 1.165) is 17.0 Å². The van der Waals surface area contributed by atoms with Crippen LogP contribution in [0, 0.1) is 0 Å². The maximum absolute atomic E-state index is 9.25. The SMILES string of the molecule is Oc1ccc(CC(CCl)c2ccc(Cl)cc2)cc1. The van der Waals surface area contributed by atoms with Crippen LogP contribution < -0.4 is 0 Å². The van der Waals surface area contributed by atoms with E-state index in [1.165, 1.54) is 5.56 Å². The number of hydrogen-bond acceptors (Lipinski definition) is 1. The van der Waals surface area contributed by atoms with Gasteiger partial charge in [-0.25, -0.2) is 0 Å². The van der Waals surface area contributed by atoms with Crippen LogP contribution in [0.3, 0.4) is 0 Å². The van der Waals surface area contributed by atoms with Gasteiger partial charge in [-0.2, -0.15) is 0 Å². The average molecular weight is 281 g/mol. The van der Waals surface area contributed by atoms with Gasteiger partial charge in [0.25, 0.3) is 0 Å². The molecule has 1 N–H and O–H groups in total. The van der Waals surface area contributed by atoms with E-state index in [9.17, 15) is 5.11 Å². The number of alkyl halides is 1. The molecule has 0 radical (unpaired) electrons. The molecular weight excluding hydrogens is 267 g/mol. The molecule has 0 amide bonds. The molecule has 0 aromatic heterocycles. The summed E-state index contributed by atoms with van der Waals surface area (Å²) < 4.78 is 0. The summed E-state index contributed by atoms with van der Waals surface area (Å²) >= 11 is 11.9. The molecule has 0 aliphatic rings. The average Bonchev–Trinajstić information content (AvgIpc) is 2.39. The molecule has 0 saturated carbocycles. The molecule has 0 saturated heterocycles. The molecule has 0 aliphatic carbocycles. The van der Waals surface area contributed by atoms with E-state index in [1.54, 1.807) is 12.1 Å². The van der Waals surface area contributed by atoms with Crippen LogP contribution in [0.2, 0.25) is 5.02 Å². The van der Waals surface area contributed by atoms with Crippen LogP contribution in [-0.4, -0.2) is 11.0 Å². The topological polar surface area (TPSA) is 20.2 Å². The fourth-order valence-corrected chi connectivity index (χ4v) is 2.33. The molecular formula is C15H14Cl2O. The molecule has 1 atom stereocenters. The summed E-state index contributed by atoms with van der Waals surface area (Å²) in [6, 6.07) is 15.0. The molecule has 2 aromatic rings. The van der Waals surface area contributed by atoms with Crippen molar-refractivity contribution in [2.24, 2.45) is 0 Å². The summed E-state index contributed by atoms with van der Waals surface area (Å²) in [5.74, 6) is 1.10. The van der Waals surface area contributed by atoms with Gasteiger partial charge >= 0.3 is 0 Å². The molecule has 94 valence electrons. The maximum atomic E-state index is 9.25. The van der Waals surface area contributed by atoms with E-state index in [4.69, 9.17) is 23.2 Å². The Kier molecular flexibility index (Phi) is 4.51. The highest BCUT2D eigenvalue weighted by Crippen LogP contribution is 2.24. The lowest BCUT2D eigenvalue weighted by molar-refractivity contribution is 0.475. The number of phenolic OH excluding ortho intramolecular Hbond substituents is 1. The van der Waals surface area contributed by atoms with Gasteiger partial charge in [-0.3, -0.25) is 0 Å². The summed E-state index contributed by atoms with van der Waals surface area (Å²) in [6.45, 7) is 0. The Balaban J connectivity index is 2.14. The van der Waals surface area contributed by atoms with Crippen LogP contribution in [0.25, 0.3) is 0 Å². The van der Waals surface area contributed by atoms with Crippen molar-refractivity contribution >= 4 is 23.2 Å². The third-order valence-electron chi connectivity index (χ3n) is 2.95. The van der Waals surface area contributed by atoms with E-state index in [2.05, 4.69) is 0 Å². The lowest BCUT2D eigenvalue weighted by atomic mass is 9.93. The molecule has 1 unspecified atom stereocenters. The standard InChI is InChI=1S/C15H14Cl2O/c16-10-13(12-3-5-14(17)6-4-12)9-11-1-7-15(18)8-2-11/h1-8,13,18H,9-10H2. The summed E-state index contributed by atoms with van der Waals surface area (Å²) in [4.78, 5) is 0. The van der Waals surface area contributed by atoms with E-state index in [0.29, 0.717) is 5.88 Å². The number of phenols is 1. The van der Waals surface area contributed by atoms with E-state index in [1.807, 2.05) is 36.4 Å². The molecule has 1 nitrogen and oxygen atoms in total. The van der Waals surface area contributed by atoms with Gasteiger partial charge < -0.3 is 5.11 Å². The van der Waals surface area contributed by atoms with Crippen molar-refractivity contribution in [3.8, 4) is 5.75 Å². The molecule has 0 spiro atoms. The lowest BCUT2D eigenvalue weighted by Crippen LogP contribution is -2.04. The van der Waals surface area contributed by atoms with E-state index in [-0.39, 0.29) is 11.7 Å². The number of hydrogen-bond donors (Lipinski definition) is 1. The van der Waals surface area contributed by atoms with Crippen molar-refractivity contribution in [1.82, 2.24) is 0 Å². The molecule has 0 aliphatic heterocycles. The summed E-state index contributed by atoms with van der Waals surface area (Å²) in [7, 11) is 0. The molecule has 0 fully saturated rings. The van der Waals surface area contributed by atoms with Gasteiger partial charge in [0.15, 0.2) is 0 Å². The van der Waals surface area contributed by atoms with E-state index >= 15 is 0 Å². The Bertz CT molecular complexity index is 491. The highest BCUT2D eigenvalue weighted by atomic mass is 35.5. The van der Waals surface area contributed by atoms with Crippen LogP contribution in [0.1, 0.15) is 17.0 Å². The van der Waals surface area contributed by atoms with Gasteiger partial charge in [0.2, 0.25) is 0 Å². The fraction of sp³-hybridized carbons (Fsp3) is 0.200. The number of halogens is 2. The van der Waals surface area contributed by atoms with Crippen LogP contribution in [0.5, 0.6) is 5.75 Å². The first-order valence-electron chi connectivity index (χ1n) is 5.78. The van der Waals surface area contributed by atoms with Crippen molar-refractivity contribution in [2.45, 2.75) is 12.3 Å². The summed E-state index contributed by atoms with van der Waals surface area (Å²) in [5.41, 5.74) is 2.34. The highest BCUT2D eigenvalue weighted by Gasteiger charge is 2.11. The smallest absolute Gasteiger partial charge is 0.115 e. The minimum absolute atomic E-state index is 0.258. The van der Waals surface area contributed by atoms with Crippen molar-refractivity contribution in [1.29, 1.82) is 0 Å². The summed E-state index contributed by atoms with van der Waals surface area (Å²) in [6.07, 6.45) is 0.853. The largest absolute Gasteiger partial charge is 0.508 e. The minimum Gasteiger partial charge on any atom is -0.508 e. The van der Waals surface area contributed by atoms with Crippen LogP contribution >= 0.6 is 23.2 Å². The monoisotopic (exact) mass is 280 g/mol. The second-order valence-corrected chi connectivity index (χ2v) is 5.02. The second kappa shape index (κ2) is 6.12. The predicted octanol–water partition coefficient (Wildman–Crippen LogP) is 4.61. The Hall–Kier alpha value is -1.18. The van der Waals surface area contributed by atoms with Crippen molar-refractivity contribution in [3.63, 3.8) is 0 Å². The third kappa shape index (κ3) is 3.41. The van der Waals surface area contributed by atoms with Crippen molar-refractivity contribution < 1.29 is 5.11 Å². The quantitative estimate of drug-likeness (QED) is 0.811. The Morgan fingerprint density at radius 1 is 0.944 bits per heavy atom. The summed E-state index contributed by atoms with van der Waals surface area (Å²) in [5, 5.41) is 9.99. The third-order valence-corrected chi connectivity index (χ3v) is 3.57. The first-order chi connectivity index (χ1) is 8.69. The van der Waals surface area contributed by atoms with Crippen LogP contribution in [0.15, 0.2) is 48.5 Å². The van der Waals surface area contributed by atoms with Gasteiger partial charge in [-0.15, -0.1) is 11.6 Å². The van der Waals surface area contributed by atoms with Gasteiger partial charge in [0.05, 0.1) is 0 Å². The first kappa shape index (κ1) is 13.3. The molecule has 0 heterocycles. The Morgan fingerprint density at radius 3 is 2.11 bits per heavy atom. The van der Waals surface area contributed by atoms with Gasteiger partial charge in [-0.1, -0.05) is 35.9 Å². The second-order valence-electron chi connectivity index (χ2n) is 4.27. The minimum atomic E-state index is 0.258. The fourth-order valence-electron chi connectivity index (χ4n) is 1.91. The van der Waals surface area contributed by atoms with Gasteiger partial charge in [-0.05, 0) is 41.8 Å². The highest BCUT2D eigenvalue weighted by molar-refractivity contribution is 6.30. The first-order valence-corrected chi connectivity index (χ1v) is 6.69. The number of benzene rings is 2. The lowest BCUT2D eigenvalue weighted by Gasteiger charge is -2.14.